The summed E-state index contributed by atoms with van der Waals surface area (Å²) in [6.45, 7) is 6.04. The van der Waals surface area contributed by atoms with Gasteiger partial charge in [-0.05, 0) is 26.1 Å². The summed E-state index contributed by atoms with van der Waals surface area (Å²) in [5, 5.41) is 0. The lowest BCUT2D eigenvalue weighted by molar-refractivity contribution is 0.312. The number of nitrogens with two attached hydrogens (primary N) is 1. The second kappa shape index (κ2) is 5.65. The molecular weight excluding hydrogens is 264 g/mol. The number of nitrogen functional groups attached to an aromatic ring is 1. The average molecular weight is 284 g/mol. The van der Waals surface area contributed by atoms with Gasteiger partial charge in [0.05, 0.1) is 5.69 Å². The highest BCUT2D eigenvalue weighted by molar-refractivity contribution is 5.77. The van der Waals surface area contributed by atoms with Gasteiger partial charge in [0, 0.05) is 43.5 Å². The van der Waals surface area contributed by atoms with Crippen molar-refractivity contribution in [3.8, 4) is 11.1 Å². The Hall–Kier alpha value is -2.21. The predicted octanol–water partition coefficient (Wildman–Crippen LogP) is 1.18. The van der Waals surface area contributed by atoms with E-state index >= 15 is 0 Å². The van der Waals surface area contributed by atoms with Crippen LogP contribution in [0.5, 0.6) is 0 Å². The molecule has 0 spiro atoms. The molecule has 0 saturated carbocycles. The summed E-state index contributed by atoms with van der Waals surface area (Å²) in [7, 11) is 2.15. The number of aromatic nitrogens is 3. The lowest BCUT2D eigenvalue weighted by Gasteiger charge is -2.34. The van der Waals surface area contributed by atoms with Gasteiger partial charge >= 0.3 is 0 Å². The molecule has 2 aromatic rings. The van der Waals surface area contributed by atoms with Gasteiger partial charge in [0.2, 0.25) is 0 Å². The molecule has 1 saturated heterocycles. The van der Waals surface area contributed by atoms with Crippen molar-refractivity contribution in [3.63, 3.8) is 0 Å². The Labute approximate surface area is 124 Å². The van der Waals surface area contributed by atoms with Gasteiger partial charge in [-0.1, -0.05) is 0 Å². The van der Waals surface area contributed by atoms with Crippen LogP contribution in [-0.4, -0.2) is 53.1 Å². The van der Waals surface area contributed by atoms with E-state index in [1.165, 1.54) is 0 Å². The van der Waals surface area contributed by atoms with Crippen LogP contribution in [-0.2, 0) is 0 Å². The normalized spacial score (nSPS) is 16.2. The molecule has 1 aliphatic rings. The molecule has 3 heterocycles. The summed E-state index contributed by atoms with van der Waals surface area (Å²) in [5.74, 6) is 1.51. The average Bonchev–Trinajstić information content (AvgIpc) is 2.49. The number of hydrogen-bond donors (Lipinski definition) is 1. The fourth-order valence-electron chi connectivity index (χ4n) is 2.61. The molecule has 2 aromatic heterocycles. The maximum atomic E-state index is 5.68. The van der Waals surface area contributed by atoms with E-state index in [0.717, 1.165) is 48.8 Å². The third kappa shape index (κ3) is 2.80. The Morgan fingerprint density at radius 3 is 2.48 bits per heavy atom. The van der Waals surface area contributed by atoms with Crippen LogP contribution >= 0.6 is 0 Å². The van der Waals surface area contributed by atoms with Gasteiger partial charge in [0.15, 0.2) is 0 Å². The van der Waals surface area contributed by atoms with Crippen molar-refractivity contribution in [1.29, 1.82) is 0 Å². The Kier molecular flexibility index (Phi) is 3.70. The standard InChI is InChI=1S/C15H20N6/c1-11-14(12-3-4-13(16)17-9-12)15(19-10-18-11)21-7-5-20(2)6-8-21/h3-4,9-10H,5-8H2,1-2H3,(H2,16,17). The molecule has 3 rings (SSSR count). The van der Waals surface area contributed by atoms with E-state index in [-0.39, 0.29) is 0 Å². The van der Waals surface area contributed by atoms with Crippen LogP contribution in [0.15, 0.2) is 24.7 Å². The Balaban J connectivity index is 2.01. The third-order valence-electron chi connectivity index (χ3n) is 3.89. The smallest absolute Gasteiger partial charge is 0.140 e. The minimum absolute atomic E-state index is 0.523. The number of rotatable bonds is 2. The number of nitrogens with zero attached hydrogens (tertiary/aromatic N) is 5. The predicted molar refractivity (Wildman–Crippen MR) is 84.1 cm³/mol. The van der Waals surface area contributed by atoms with Crippen molar-refractivity contribution >= 4 is 11.6 Å². The summed E-state index contributed by atoms with van der Waals surface area (Å²) in [6, 6.07) is 3.79. The van der Waals surface area contributed by atoms with Gasteiger partial charge in [0.1, 0.15) is 18.0 Å². The molecule has 6 heteroatoms. The maximum Gasteiger partial charge on any atom is 0.140 e. The zero-order valence-corrected chi connectivity index (χ0v) is 12.5. The van der Waals surface area contributed by atoms with E-state index < -0.39 is 0 Å². The Bertz CT molecular complexity index is 617. The first kappa shape index (κ1) is 13.8. The number of hydrogen-bond acceptors (Lipinski definition) is 6. The second-order valence-corrected chi connectivity index (χ2v) is 5.42. The molecule has 0 amide bonds. The van der Waals surface area contributed by atoms with Gasteiger partial charge in [-0.2, -0.15) is 0 Å². The fraction of sp³-hybridized carbons (Fsp3) is 0.400. The van der Waals surface area contributed by atoms with Crippen LogP contribution in [0.4, 0.5) is 11.6 Å². The molecule has 0 unspecified atom stereocenters. The largest absolute Gasteiger partial charge is 0.384 e. The van der Waals surface area contributed by atoms with Crippen LogP contribution in [0.1, 0.15) is 5.69 Å². The highest BCUT2D eigenvalue weighted by atomic mass is 15.3. The van der Waals surface area contributed by atoms with E-state index in [2.05, 4.69) is 31.8 Å². The fourth-order valence-corrected chi connectivity index (χ4v) is 2.61. The molecule has 2 N–H and O–H groups in total. The van der Waals surface area contributed by atoms with Gasteiger partial charge < -0.3 is 15.5 Å². The first-order chi connectivity index (χ1) is 10.1. The minimum atomic E-state index is 0.523. The number of piperazine rings is 1. The molecule has 0 aliphatic carbocycles. The van der Waals surface area contributed by atoms with Crippen molar-refractivity contribution < 1.29 is 0 Å². The van der Waals surface area contributed by atoms with E-state index in [0.29, 0.717) is 5.82 Å². The van der Waals surface area contributed by atoms with Crippen molar-refractivity contribution in [1.82, 2.24) is 19.9 Å². The highest BCUT2D eigenvalue weighted by Crippen LogP contribution is 2.31. The van der Waals surface area contributed by atoms with Crippen LogP contribution in [0.2, 0.25) is 0 Å². The van der Waals surface area contributed by atoms with Crippen LogP contribution in [0.25, 0.3) is 11.1 Å². The van der Waals surface area contributed by atoms with Crippen LogP contribution < -0.4 is 10.6 Å². The lowest BCUT2D eigenvalue weighted by atomic mass is 10.1. The van der Waals surface area contributed by atoms with Crippen molar-refractivity contribution in [2.75, 3.05) is 43.9 Å². The van der Waals surface area contributed by atoms with Gasteiger partial charge in [0.25, 0.3) is 0 Å². The molecule has 110 valence electrons. The molecule has 21 heavy (non-hydrogen) atoms. The van der Waals surface area contributed by atoms with Crippen molar-refractivity contribution in [3.05, 3.63) is 30.4 Å². The van der Waals surface area contributed by atoms with Gasteiger partial charge in [-0.15, -0.1) is 0 Å². The molecule has 0 aromatic carbocycles. The van der Waals surface area contributed by atoms with E-state index in [9.17, 15) is 0 Å². The first-order valence-corrected chi connectivity index (χ1v) is 7.12. The molecule has 0 atom stereocenters. The van der Waals surface area contributed by atoms with Gasteiger partial charge in [-0.3, -0.25) is 0 Å². The number of pyridine rings is 1. The molecule has 0 bridgehead atoms. The Morgan fingerprint density at radius 2 is 1.81 bits per heavy atom. The van der Waals surface area contributed by atoms with Gasteiger partial charge in [-0.25, -0.2) is 15.0 Å². The maximum absolute atomic E-state index is 5.68. The highest BCUT2D eigenvalue weighted by Gasteiger charge is 2.20. The van der Waals surface area contributed by atoms with Crippen molar-refractivity contribution in [2.24, 2.45) is 0 Å². The molecule has 1 fully saturated rings. The van der Waals surface area contributed by atoms with Crippen LogP contribution in [0.3, 0.4) is 0 Å². The summed E-state index contributed by atoms with van der Waals surface area (Å²) in [6.07, 6.45) is 3.43. The zero-order chi connectivity index (χ0) is 14.8. The molecule has 1 aliphatic heterocycles. The topological polar surface area (TPSA) is 71.2 Å². The SMILES string of the molecule is Cc1ncnc(N2CCN(C)CC2)c1-c1ccc(N)nc1. The zero-order valence-electron chi connectivity index (χ0n) is 12.5. The Morgan fingerprint density at radius 1 is 1.05 bits per heavy atom. The summed E-state index contributed by atoms with van der Waals surface area (Å²) < 4.78 is 0. The monoisotopic (exact) mass is 284 g/mol. The molecular formula is C15H20N6. The quantitative estimate of drug-likeness (QED) is 0.893. The second-order valence-electron chi connectivity index (χ2n) is 5.42. The van der Waals surface area contributed by atoms with Crippen LogP contribution in [0, 0.1) is 6.92 Å². The summed E-state index contributed by atoms with van der Waals surface area (Å²) >= 11 is 0. The lowest BCUT2D eigenvalue weighted by Crippen LogP contribution is -2.45. The number of anilines is 2. The van der Waals surface area contributed by atoms with E-state index in [4.69, 9.17) is 5.73 Å². The third-order valence-corrected chi connectivity index (χ3v) is 3.89. The van der Waals surface area contributed by atoms with Crippen molar-refractivity contribution in [2.45, 2.75) is 6.92 Å². The number of aryl methyl sites for hydroxylation is 1. The first-order valence-electron chi connectivity index (χ1n) is 7.12. The number of likely N-dealkylation sites (N-methyl/N-ethyl adjacent to an activating group) is 1. The van der Waals surface area contributed by atoms with E-state index in [1.807, 2.05) is 19.1 Å². The summed E-state index contributed by atoms with van der Waals surface area (Å²) in [4.78, 5) is 17.7. The molecule has 0 radical (unpaired) electrons. The molecule has 6 nitrogen and oxygen atoms in total. The summed E-state index contributed by atoms with van der Waals surface area (Å²) in [5.41, 5.74) is 8.70. The van der Waals surface area contributed by atoms with E-state index in [1.54, 1.807) is 12.5 Å². The minimum Gasteiger partial charge on any atom is -0.384 e.